The number of fused-ring (bicyclic) bond motifs is 1. The number of carbonyl (C=O) groups is 2. The topological polar surface area (TPSA) is 85.3 Å². The zero-order valence-electron chi connectivity index (χ0n) is 15.4. The minimum atomic E-state index is -0.142. The van der Waals surface area contributed by atoms with Crippen LogP contribution >= 0.6 is 0 Å². The predicted octanol–water partition coefficient (Wildman–Crippen LogP) is 2.19. The SMILES string of the molecule is CC(=O)Nc1cccc(OCC#CCNC(=O)Cn2cnc3ccccc32)c1. The molecular weight excluding hydrogens is 356 g/mol. The molecule has 28 heavy (non-hydrogen) atoms. The number of imidazole rings is 1. The second-order valence-corrected chi connectivity index (χ2v) is 5.99. The molecule has 0 atom stereocenters. The zero-order chi connectivity index (χ0) is 19.8. The van der Waals surface area contributed by atoms with Crippen LogP contribution in [0.3, 0.4) is 0 Å². The molecule has 0 radical (unpaired) electrons. The maximum Gasteiger partial charge on any atom is 0.240 e. The highest BCUT2D eigenvalue weighted by Gasteiger charge is 2.05. The number of nitrogens with one attached hydrogen (secondary N) is 2. The molecule has 1 heterocycles. The highest BCUT2D eigenvalue weighted by atomic mass is 16.5. The van der Waals surface area contributed by atoms with E-state index in [0.717, 1.165) is 11.0 Å². The van der Waals surface area contributed by atoms with Gasteiger partial charge in [-0.3, -0.25) is 9.59 Å². The molecule has 0 aliphatic carbocycles. The van der Waals surface area contributed by atoms with Crippen LogP contribution in [0.15, 0.2) is 54.9 Å². The van der Waals surface area contributed by atoms with E-state index < -0.39 is 0 Å². The Labute approximate surface area is 162 Å². The molecule has 0 aliphatic rings. The summed E-state index contributed by atoms with van der Waals surface area (Å²) in [6.07, 6.45) is 1.65. The first-order valence-electron chi connectivity index (χ1n) is 8.74. The lowest BCUT2D eigenvalue weighted by Crippen LogP contribution is -2.27. The van der Waals surface area contributed by atoms with Gasteiger partial charge in [-0.15, -0.1) is 0 Å². The van der Waals surface area contributed by atoms with Gasteiger partial charge in [0.05, 0.1) is 23.9 Å². The van der Waals surface area contributed by atoms with Crippen LogP contribution in [0.1, 0.15) is 6.92 Å². The van der Waals surface area contributed by atoms with Crippen molar-refractivity contribution in [2.24, 2.45) is 0 Å². The molecule has 2 amide bonds. The molecular formula is C21H20N4O3. The van der Waals surface area contributed by atoms with Crippen molar-refractivity contribution in [3.63, 3.8) is 0 Å². The molecule has 2 N–H and O–H groups in total. The van der Waals surface area contributed by atoms with Crippen LogP contribution < -0.4 is 15.4 Å². The Hall–Kier alpha value is -3.79. The van der Waals surface area contributed by atoms with Crippen LogP contribution in [0, 0.1) is 11.8 Å². The van der Waals surface area contributed by atoms with E-state index in [0.29, 0.717) is 11.4 Å². The summed E-state index contributed by atoms with van der Waals surface area (Å²) in [6.45, 7) is 2.06. The molecule has 0 spiro atoms. The van der Waals surface area contributed by atoms with Crippen LogP contribution in [0.5, 0.6) is 5.75 Å². The molecule has 7 nitrogen and oxygen atoms in total. The standard InChI is InChI=1S/C21H20N4O3/c1-16(26)24-17-7-6-8-18(13-17)28-12-5-4-11-22-21(27)14-25-15-23-19-9-2-3-10-20(19)25/h2-3,6-10,13,15H,11-12,14H2,1H3,(H,22,27)(H,24,26). The van der Waals surface area contributed by atoms with E-state index in [1.165, 1.54) is 6.92 Å². The second-order valence-electron chi connectivity index (χ2n) is 5.99. The molecule has 0 aliphatic heterocycles. The number of anilines is 1. The molecule has 0 fully saturated rings. The lowest BCUT2D eigenvalue weighted by Gasteiger charge is -2.05. The van der Waals surface area contributed by atoms with Gasteiger partial charge in [0.25, 0.3) is 0 Å². The molecule has 1 aromatic heterocycles. The van der Waals surface area contributed by atoms with Gasteiger partial charge >= 0.3 is 0 Å². The van der Waals surface area contributed by atoms with Crippen molar-refractivity contribution >= 4 is 28.5 Å². The van der Waals surface area contributed by atoms with E-state index in [2.05, 4.69) is 27.5 Å². The van der Waals surface area contributed by atoms with Crippen molar-refractivity contribution in [3.8, 4) is 17.6 Å². The van der Waals surface area contributed by atoms with Crippen molar-refractivity contribution in [1.29, 1.82) is 0 Å². The smallest absolute Gasteiger partial charge is 0.240 e. The summed E-state index contributed by atoms with van der Waals surface area (Å²) >= 11 is 0. The van der Waals surface area contributed by atoms with E-state index in [-0.39, 0.29) is 31.5 Å². The number of nitrogens with zero attached hydrogens (tertiary/aromatic N) is 2. The first-order valence-corrected chi connectivity index (χ1v) is 8.74. The number of rotatable bonds is 6. The fourth-order valence-corrected chi connectivity index (χ4v) is 2.59. The summed E-state index contributed by atoms with van der Waals surface area (Å²) in [5.74, 6) is 6.02. The molecule has 3 aromatic rings. The molecule has 0 unspecified atom stereocenters. The molecule has 0 bridgehead atoms. The number of carbonyl (C=O) groups excluding carboxylic acids is 2. The van der Waals surface area contributed by atoms with E-state index in [1.807, 2.05) is 24.3 Å². The first kappa shape index (κ1) is 19.0. The summed E-state index contributed by atoms with van der Waals surface area (Å²) in [7, 11) is 0. The Kier molecular flexibility index (Phi) is 6.26. The van der Waals surface area contributed by atoms with Crippen LogP contribution in [0.25, 0.3) is 11.0 Å². The summed E-state index contributed by atoms with van der Waals surface area (Å²) in [4.78, 5) is 27.4. The number of aromatic nitrogens is 2. The average molecular weight is 376 g/mol. The second kappa shape index (κ2) is 9.24. The third-order valence-electron chi connectivity index (χ3n) is 3.81. The first-order chi connectivity index (χ1) is 13.6. The third kappa shape index (κ3) is 5.35. The minimum Gasteiger partial charge on any atom is -0.481 e. The Balaban J connectivity index is 1.41. The Morgan fingerprint density at radius 1 is 1.14 bits per heavy atom. The van der Waals surface area contributed by atoms with Gasteiger partial charge in [0.1, 0.15) is 18.9 Å². The zero-order valence-corrected chi connectivity index (χ0v) is 15.4. The number of hydrogen-bond donors (Lipinski definition) is 2. The van der Waals surface area contributed by atoms with Crippen molar-refractivity contribution in [3.05, 3.63) is 54.9 Å². The Morgan fingerprint density at radius 2 is 2.00 bits per heavy atom. The van der Waals surface area contributed by atoms with Crippen molar-refractivity contribution in [2.75, 3.05) is 18.5 Å². The van der Waals surface area contributed by atoms with Gasteiger partial charge in [-0.2, -0.15) is 0 Å². The number of benzene rings is 2. The van der Waals surface area contributed by atoms with E-state index in [4.69, 9.17) is 4.74 Å². The highest BCUT2D eigenvalue weighted by Crippen LogP contribution is 2.17. The van der Waals surface area contributed by atoms with Gasteiger partial charge in [0, 0.05) is 18.7 Å². The number of ether oxygens (including phenoxy) is 1. The van der Waals surface area contributed by atoms with Crippen LogP contribution in [-0.4, -0.2) is 34.5 Å². The van der Waals surface area contributed by atoms with E-state index in [9.17, 15) is 9.59 Å². The van der Waals surface area contributed by atoms with Gasteiger partial charge in [-0.05, 0) is 24.3 Å². The van der Waals surface area contributed by atoms with Gasteiger partial charge < -0.3 is 19.9 Å². The van der Waals surface area contributed by atoms with Crippen molar-refractivity contribution < 1.29 is 14.3 Å². The van der Waals surface area contributed by atoms with Gasteiger partial charge in [-0.25, -0.2) is 4.98 Å². The lowest BCUT2D eigenvalue weighted by atomic mass is 10.3. The highest BCUT2D eigenvalue weighted by molar-refractivity contribution is 5.88. The van der Waals surface area contributed by atoms with E-state index >= 15 is 0 Å². The fraction of sp³-hybridized carbons (Fsp3) is 0.190. The molecule has 2 aromatic carbocycles. The average Bonchev–Trinajstić information content (AvgIpc) is 3.07. The monoisotopic (exact) mass is 376 g/mol. The normalized spacial score (nSPS) is 10.0. The fourth-order valence-electron chi connectivity index (χ4n) is 2.59. The summed E-state index contributed by atoms with van der Waals surface area (Å²) < 4.78 is 7.31. The van der Waals surface area contributed by atoms with Crippen molar-refractivity contribution in [2.45, 2.75) is 13.5 Å². The largest absolute Gasteiger partial charge is 0.481 e. The van der Waals surface area contributed by atoms with Gasteiger partial charge in [0.2, 0.25) is 11.8 Å². The maximum absolute atomic E-state index is 12.0. The Bertz CT molecular complexity index is 1050. The van der Waals surface area contributed by atoms with Crippen molar-refractivity contribution in [1.82, 2.24) is 14.9 Å². The van der Waals surface area contributed by atoms with Crippen LogP contribution in [-0.2, 0) is 16.1 Å². The maximum atomic E-state index is 12.0. The molecule has 0 saturated carbocycles. The molecule has 142 valence electrons. The van der Waals surface area contributed by atoms with Gasteiger partial charge in [0.15, 0.2) is 0 Å². The molecule has 7 heteroatoms. The Morgan fingerprint density at radius 3 is 2.86 bits per heavy atom. The number of para-hydroxylation sites is 2. The van der Waals surface area contributed by atoms with Crippen LogP contribution in [0.4, 0.5) is 5.69 Å². The molecule has 0 saturated heterocycles. The third-order valence-corrected chi connectivity index (χ3v) is 3.81. The predicted molar refractivity (Wildman–Crippen MR) is 107 cm³/mol. The summed E-state index contributed by atoms with van der Waals surface area (Å²) in [6, 6.07) is 14.7. The van der Waals surface area contributed by atoms with Crippen LogP contribution in [0.2, 0.25) is 0 Å². The lowest BCUT2D eigenvalue weighted by molar-refractivity contribution is -0.121. The summed E-state index contributed by atoms with van der Waals surface area (Å²) in [5, 5.41) is 5.44. The summed E-state index contributed by atoms with van der Waals surface area (Å²) in [5.41, 5.74) is 2.44. The number of amides is 2. The minimum absolute atomic E-state index is 0.138. The molecule has 3 rings (SSSR count). The van der Waals surface area contributed by atoms with Gasteiger partial charge in [-0.1, -0.05) is 30.0 Å². The van der Waals surface area contributed by atoms with E-state index in [1.54, 1.807) is 35.2 Å². The quantitative estimate of drug-likeness (QED) is 0.646. The number of hydrogen-bond acceptors (Lipinski definition) is 4.